The second kappa shape index (κ2) is 7.41. The highest BCUT2D eigenvalue weighted by atomic mass is 19.1. The van der Waals surface area contributed by atoms with Crippen LogP contribution >= 0.6 is 0 Å². The highest BCUT2D eigenvalue weighted by Crippen LogP contribution is 2.38. The van der Waals surface area contributed by atoms with Crippen LogP contribution in [0, 0.1) is 5.82 Å². The van der Waals surface area contributed by atoms with E-state index in [2.05, 4.69) is 5.10 Å². The van der Waals surface area contributed by atoms with Crippen LogP contribution in [0.25, 0.3) is 11.3 Å². The zero-order valence-corrected chi connectivity index (χ0v) is 15.1. The molecule has 27 heavy (non-hydrogen) atoms. The molecule has 7 heteroatoms. The van der Waals surface area contributed by atoms with Crippen LogP contribution in [0.1, 0.15) is 20.7 Å². The Bertz CT molecular complexity index is 996. The molecule has 0 saturated heterocycles. The van der Waals surface area contributed by atoms with E-state index < -0.39 is 0 Å². The third-order valence-electron chi connectivity index (χ3n) is 4.25. The zero-order chi connectivity index (χ0) is 19.6. The molecule has 0 saturated carbocycles. The molecule has 1 aromatic heterocycles. The molecule has 0 aliphatic carbocycles. The highest BCUT2D eigenvalue weighted by molar-refractivity contribution is 6.10. The van der Waals surface area contributed by atoms with Gasteiger partial charge in [-0.1, -0.05) is 18.2 Å². The van der Waals surface area contributed by atoms with Gasteiger partial charge in [0, 0.05) is 25.2 Å². The Morgan fingerprint density at radius 1 is 1.19 bits per heavy atom. The van der Waals surface area contributed by atoms with Crippen molar-refractivity contribution in [2.75, 3.05) is 19.1 Å². The second-order valence-corrected chi connectivity index (χ2v) is 5.91. The van der Waals surface area contributed by atoms with Crippen LogP contribution in [-0.2, 0) is 7.05 Å². The molecule has 0 aliphatic rings. The topological polar surface area (TPSA) is 64.4 Å². The first-order chi connectivity index (χ1) is 13.0. The number of halogens is 1. The minimum Gasteiger partial charge on any atom is -0.491 e. The van der Waals surface area contributed by atoms with Gasteiger partial charge in [-0.3, -0.25) is 19.2 Å². The van der Waals surface area contributed by atoms with Crippen molar-refractivity contribution in [3.8, 4) is 17.0 Å². The Hall–Kier alpha value is -3.48. The van der Waals surface area contributed by atoms with Crippen LogP contribution in [0.5, 0.6) is 5.75 Å². The molecule has 0 atom stereocenters. The first-order valence-electron chi connectivity index (χ1n) is 8.17. The van der Waals surface area contributed by atoms with Crippen molar-refractivity contribution in [1.82, 2.24) is 9.78 Å². The molecule has 3 rings (SSSR count). The van der Waals surface area contributed by atoms with E-state index in [1.807, 2.05) is 0 Å². The van der Waals surface area contributed by atoms with Crippen LogP contribution in [-0.4, -0.2) is 36.1 Å². The maximum absolute atomic E-state index is 13.2. The van der Waals surface area contributed by atoms with E-state index in [0.717, 1.165) is 0 Å². The summed E-state index contributed by atoms with van der Waals surface area (Å²) in [5.74, 6) is -0.0637. The van der Waals surface area contributed by atoms with Gasteiger partial charge in [0.05, 0.1) is 12.7 Å². The van der Waals surface area contributed by atoms with Gasteiger partial charge < -0.3 is 4.74 Å². The summed E-state index contributed by atoms with van der Waals surface area (Å²) in [6.45, 7) is 0. The molecule has 0 spiro atoms. The van der Waals surface area contributed by atoms with Crippen LogP contribution < -0.4 is 9.64 Å². The predicted octanol–water partition coefficient (Wildman–Crippen LogP) is 3.32. The number of aryl methyl sites for hydroxylation is 1. The minimum atomic E-state index is -0.389. The number of hydrogen-bond acceptors (Lipinski definition) is 4. The standard InChI is InChI=1S/C20H18FN3O3/c1-23(20(26)16-7-5-4-6-14(16)12-25)19-18(27-3)17(24(2)22-19)13-8-10-15(21)11-9-13/h4-12H,1-3H3. The Balaban J connectivity index is 2.06. The van der Waals surface area contributed by atoms with E-state index in [1.54, 1.807) is 55.2 Å². The van der Waals surface area contributed by atoms with E-state index in [1.165, 1.54) is 24.1 Å². The maximum atomic E-state index is 13.2. The van der Waals surface area contributed by atoms with E-state index >= 15 is 0 Å². The Kier molecular flexibility index (Phi) is 5.03. The number of methoxy groups -OCH3 is 1. The number of ether oxygens (including phenoxy) is 1. The lowest BCUT2D eigenvalue weighted by Gasteiger charge is -2.17. The van der Waals surface area contributed by atoms with Gasteiger partial charge in [-0.05, 0) is 30.3 Å². The quantitative estimate of drug-likeness (QED) is 0.649. The molecule has 2 aromatic carbocycles. The number of amides is 1. The molecular formula is C20H18FN3O3. The summed E-state index contributed by atoms with van der Waals surface area (Å²) in [6.07, 6.45) is 0.640. The number of benzene rings is 2. The van der Waals surface area contributed by atoms with Crippen LogP contribution in [0.4, 0.5) is 10.2 Å². The predicted molar refractivity (Wildman–Crippen MR) is 99.7 cm³/mol. The average molecular weight is 367 g/mol. The van der Waals surface area contributed by atoms with Crippen molar-refractivity contribution >= 4 is 18.0 Å². The van der Waals surface area contributed by atoms with Gasteiger partial charge >= 0.3 is 0 Å². The van der Waals surface area contributed by atoms with Crippen molar-refractivity contribution in [3.63, 3.8) is 0 Å². The van der Waals surface area contributed by atoms with Crippen molar-refractivity contribution in [2.24, 2.45) is 7.05 Å². The monoisotopic (exact) mass is 367 g/mol. The number of rotatable bonds is 5. The molecular weight excluding hydrogens is 349 g/mol. The number of hydrogen-bond donors (Lipinski definition) is 0. The lowest BCUT2D eigenvalue weighted by molar-refractivity contribution is 0.0985. The summed E-state index contributed by atoms with van der Waals surface area (Å²) < 4.78 is 20.3. The third kappa shape index (κ3) is 3.31. The first-order valence-corrected chi connectivity index (χ1v) is 8.17. The molecule has 0 unspecified atom stereocenters. The molecule has 6 nitrogen and oxygen atoms in total. The SMILES string of the molecule is COc1c(N(C)C(=O)c2ccccc2C=O)nn(C)c1-c1ccc(F)cc1. The Labute approximate surface area is 155 Å². The zero-order valence-electron chi connectivity index (χ0n) is 15.1. The summed E-state index contributed by atoms with van der Waals surface area (Å²) in [5.41, 5.74) is 1.87. The van der Waals surface area contributed by atoms with Crippen molar-refractivity contribution in [2.45, 2.75) is 0 Å². The van der Waals surface area contributed by atoms with Crippen LogP contribution in [0.2, 0.25) is 0 Å². The molecule has 0 aliphatic heterocycles. The van der Waals surface area contributed by atoms with Gasteiger partial charge in [0.2, 0.25) is 0 Å². The minimum absolute atomic E-state index is 0.269. The lowest BCUT2D eigenvalue weighted by atomic mass is 10.1. The number of aromatic nitrogens is 2. The largest absolute Gasteiger partial charge is 0.491 e. The molecule has 0 radical (unpaired) electrons. The summed E-state index contributed by atoms with van der Waals surface area (Å²) in [5, 5.41) is 4.40. The summed E-state index contributed by atoms with van der Waals surface area (Å²) >= 11 is 0. The van der Waals surface area contributed by atoms with Gasteiger partial charge in [-0.15, -0.1) is 0 Å². The van der Waals surface area contributed by atoms with Gasteiger partial charge in [0.1, 0.15) is 11.5 Å². The normalized spacial score (nSPS) is 10.5. The number of aldehydes is 1. The van der Waals surface area contributed by atoms with Crippen LogP contribution in [0.15, 0.2) is 48.5 Å². The molecule has 1 heterocycles. The Morgan fingerprint density at radius 3 is 2.48 bits per heavy atom. The molecule has 1 amide bonds. The number of nitrogens with zero attached hydrogens (tertiary/aromatic N) is 3. The van der Waals surface area contributed by atoms with E-state index in [0.29, 0.717) is 34.7 Å². The Morgan fingerprint density at radius 2 is 1.85 bits per heavy atom. The van der Waals surface area contributed by atoms with Crippen molar-refractivity contribution < 1.29 is 18.7 Å². The van der Waals surface area contributed by atoms with Gasteiger partial charge in [-0.25, -0.2) is 4.39 Å². The summed E-state index contributed by atoms with van der Waals surface area (Å²) in [7, 11) is 4.75. The third-order valence-corrected chi connectivity index (χ3v) is 4.25. The molecule has 138 valence electrons. The lowest BCUT2D eigenvalue weighted by Crippen LogP contribution is -2.28. The second-order valence-electron chi connectivity index (χ2n) is 5.91. The number of anilines is 1. The summed E-state index contributed by atoms with van der Waals surface area (Å²) in [6, 6.07) is 12.5. The smallest absolute Gasteiger partial charge is 0.260 e. The van der Waals surface area contributed by atoms with Gasteiger partial charge in [0.15, 0.2) is 17.9 Å². The first kappa shape index (κ1) is 18.3. The summed E-state index contributed by atoms with van der Waals surface area (Å²) in [4.78, 5) is 25.5. The fraction of sp³-hybridized carbons (Fsp3) is 0.150. The molecule has 0 N–H and O–H groups in total. The van der Waals surface area contributed by atoms with E-state index in [4.69, 9.17) is 4.74 Å². The highest BCUT2D eigenvalue weighted by Gasteiger charge is 2.26. The molecule has 0 fully saturated rings. The molecule has 0 bridgehead atoms. The van der Waals surface area contributed by atoms with Crippen LogP contribution in [0.3, 0.4) is 0 Å². The maximum Gasteiger partial charge on any atom is 0.260 e. The number of carbonyl (C=O) groups excluding carboxylic acids is 2. The van der Waals surface area contributed by atoms with E-state index in [-0.39, 0.29) is 17.3 Å². The average Bonchev–Trinajstić information content (AvgIpc) is 3.03. The van der Waals surface area contributed by atoms with Crippen molar-refractivity contribution in [3.05, 3.63) is 65.5 Å². The molecule has 3 aromatic rings. The van der Waals surface area contributed by atoms with E-state index in [9.17, 15) is 14.0 Å². The van der Waals surface area contributed by atoms with Crippen molar-refractivity contribution in [1.29, 1.82) is 0 Å². The fourth-order valence-electron chi connectivity index (χ4n) is 2.89. The fourth-order valence-corrected chi connectivity index (χ4v) is 2.89. The number of carbonyl (C=O) groups is 2. The van der Waals surface area contributed by atoms with Gasteiger partial charge in [-0.2, -0.15) is 5.10 Å². The van der Waals surface area contributed by atoms with Gasteiger partial charge in [0.25, 0.3) is 5.91 Å².